The molecule has 0 aromatic heterocycles. The molecule has 1 fully saturated rings. The zero-order chi connectivity index (χ0) is 46.6. The van der Waals surface area contributed by atoms with E-state index in [1.807, 2.05) is 6.08 Å². The number of aliphatic hydroxyl groups excluding tert-OH is 5. The maximum atomic E-state index is 13.0. The second-order valence-corrected chi connectivity index (χ2v) is 19.0. The first-order valence-corrected chi connectivity index (χ1v) is 27.2. The van der Waals surface area contributed by atoms with Gasteiger partial charge in [0.2, 0.25) is 5.91 Å². The Morgan fingerprint density at radius 1 is 0.516 bits per heavy atom. The summed E-state index contributed by atoms with van der Waals surface area (Å²) in [5.41, 5.74) is 0. The molecule has 0 spiro atoms. The van der Waals surface area contributed by atoms with Crippen molar-refractivity contribution in [2.24, 2.45) is 0 Å². The summed E-state index contributed by atoms with van der Waals surface area (Å²) in [5.74, 6) is -0.187. The first-order valence-electron chi connectivity index (χ1n) is 27.2. The van der Waals surface area contributed by atoms with Crippen LogP contribution in [0.4, 0.5) is 0 Å². The van der Waals surface area contributed by atoms with Crippen molar-refractivity contribution >= 4 is 5.91 Å². The van der Waals surface area contributed by atoms with E-state index in [4.69, 9.17) is 9.47 Å². The normalized spacial score (nSPS) is 20.3. The Balaban J connectivity index is 2.29. The molecule has 376 valence electrons. The highest BCUT2D eigenvalue weighted by atomic mass is 16.7. The van der Waals surface area contributed by atoms with Crippen molar-refractivity contribution in [3.63, 3.8) is 0 Å². The monoisotopic (exact) mass is 906 g/mol. The van der Waals surface area contributed by atoms with Crippen LogP contribution in [0.3, 0.4) is 0 Å². The van der Waals surface area contributed by atoms with Gasteiger partial charge in [-0.05, 0) is 44.9 Å². The Bertz CT molecular complexity index is 1100. The van der Waals surface area contributed by atoms with E-state index < -0.39 is 49.5 Å². The Kier molecular flexibility index (Phi) is 42.7. The van der Waals surface area contributed by atoms with Gasteiger partial charge in [-0.25, -0.2) is 0 Å². The third-order valence-corrected chi connectivity index (χ3v) is 12.9. The molecular weight excluding hydrogens is 803 g/mol. The summed E-state index contributed by atoms with van der Waals surface area (Å²) in [6.07, 6.45) is 50.6. The maximum Gasteiger partial charge on any atom is 0.220 e. The van der Waals surface area contributed by atoms with Gasteiger partial charge in [0.05, 0.1) is 25.4 Å². The van der Waals surface area contributed by atoms with Crippen LogP contribution in [0.15, 0.2) is 36.5 Å². The molecule has 0 bridgehead atoms. The van der Waals surface area contributed by atoms with Gasteiger partial charge < -0.3 is 40.3 Å². The Hall–Kier alpha value is -1.59. The van der Waals surface area contributed by atoms with E-state index in [1.54, 1.807) is 6.08 Å². The van der Waals surface area contributed by atoms with Gasteiger partial charge in [-0.1, -0.05) is 237 Å². The number of rotatable bonds is 46. The predicted molar refractivity (Wildman–Crippen MR) is 267 cm³/mol. The second-order valence-electron chi connectivity index (χ2n) is 19.0. The fourth-order valence-corrected chi connectivity index (χ4v) is 8.60. The second kappa shape index (κ2) is 45.2. The van der Waals surface area contributed by atoms with Crippen LogP contribution in [0.1, 0.15) is 251 Å². The van der Waals surface area contributed by atoms with Gasteiger partial charge in [0, 0.05) is 6.42 Å². The molecule has 64 heavy (non-hydrogen) atoms. The molecular formula is C55H103NO8. The van der Waals surface area contributed by atoms with Gasteiger partial charge in [0.25, 0.3) is 0 Å². The summed E-state index contributed by atoms with van der Waals surface area (Å²) in [6, 6.07) is -0.825. The third kappa shape index (κ3) is 34.7. The lowest BCUT2D eigenvalue weighted by molar-refractivity contribution is -0.302. The fourth-order valence-electron chi connectivity index (χ4n) is 8.60. The van der Waals surface area contributed by atoms with Gasteiger partial charge in [-0.15, -0.1) is 0 Å². The van der Waals surface area contributed by atoms with E-state index in [2.05, 4.69) is 43.5 Å². The molecule has 0 aliphatic carbocycles. The molecule has 1 rings (SSSR count). The molecule has 9 heteroatoms. The zero-order valence-corrected chi connectivity index (χ0v) is 41.5. The number of carbonyl (C=O) groups is 1. The van der Waals surface area contributed by atoms with Gasteiger partial charge in [-0.2, -0.15) is 0 Å². The minimum Gasteiger partial charge on any atom is -0.394 e. The van der Waals surface area contributed by atoms with Crippen molar-refractivity contribution in [2.45, 2.75) is 294 Å². The summed E-state index contributed by atoms with van der Waals surface area (Å²) >= 11 is 0. The molecule has 7 atom stereocenters. The average molecular weight is 906 g/mol. The minimum atomic E-state index is -1.57. The van der Waals surface area contributed by atoms with E-state index in [1.165, 1.54) is 186 Å². The Morgan fingerprint density at radius 3 is 1.31 bits per heavy atom. The van der Waals surface area contributed by atoms with Crippen LogP contribution in [0.25, 0.3) is 0 Å². The van der Waals surface area contributed by atoms with Crippen LogP contribution in [-0.4, -0.2) is 87.5 Å². The molecule has 1 saturated heterocycles. The Labute approximate surface area is 393 Å². The number of ether oxygens (including phenoxy) is 2. The Morgan fingerprint density at radius 2 is 0.891 bits per heavy atom. The molecule has 0 radical (unpaired) electrons. The standard InChI is InChI=1S/C55H103NO8/c1-3-5-7-9-11-13-15-17-19-21-23-24-25-27-29-31-33-35-37-39-41-43-45-51(59)56-48(47-63-55-54(62)53(61)52(60)50(46-57)64-55)49(58)44-42-40-38-36-34-32-30-28-26-22-20-18-16-14-12-10-8-6-4-2/h26,28,34,36,42,44,48-50,52-55,57-58,60-62H,3-25,27,29-33,35,37-41,43,45-47H2,1-2H3,(H,56,59)/b28-26+,36-34+,44-42+. The number of unbranched alkanes of at least 4 members (excludes halogenated alkanes) is 32. The first-order chi connectivity index (χ1) is 31.3. The summed E-state index contributed by atoms with van der Waals surface area (Å²) < 4.78 is 11.2. The number of allylic oxidation sites excluding steroid dienone is 5. The van der Waals surface area contributed by atoms with Crippen LogP contribution in [0, 0.1) is 0 Å². The van der Waals surface area contributed by atoms with Crippen molar-refractivity contribution < 1.29 is 39.8 Å². The smallest absolute Gasteiger partial charge is 0.220 e. The van der Waals surface area contributed by atoms with Crippen molar-refractivity contribution in [2.75, 3.05) is 13.2 Å². The van der Waals surface area contributed by atoms with Gasteiger partial charge in [-0.3, -0.25) is 4.79 Å². The topological polar surface area (TPSA) is 149 Å². The van der Waals surface area contributed by atoms with Crippen molar-refractivity contribution in [3.8, 4) is 0 Å². The fraction of sp³-hybridized carbons (Fsp3) is 0.873. The molecule has 1 aliphatic rings. The largest absolute Gasteiger partial charge is 0.394 e. The number of nitrogens with one attached hydrogen (secondary N) is 1. The van der Waals surface area contributed by atoms with Crippen molar-refractivity contribution in [1.82, 2.24) is 5.32 Å². The average Bonchev–Trinajstić information content (AvgIpc) is 3.29. The third-order valence-electron chi connectivity index (χ3n) is 12.9. The molecule has 0 saturated carbocycles. The van der Waals surface area contributed by atoms with Crippen LogP contribution in [-0.2, 0) is 14.3 Å². The van der Waals surface area contributed by atoms with Gasteiger partial charge in [0.1, 0.15) is 24.4 Å². The highest BCUT2D eigenvalue weighted by molar-refractivity contribution is 5.76. The lowest BCUT2D eigenvalue weighted by Gasteiger charge is -2.40. The van der Waals surface area contributed by atoms with E-state index in [0.717, 1.165) is 44.9 Å². The maximum absolute atomic E-state index is 13.0. The molecule has 1 aliphatic heterocycles. The SMILES string of the molecule is CCCCCCCCCCC/C=C/CC/C=C/CC/C=C/C(O)C(COC1OC(CO)C(O)C(O)C1O)NC(=O)CCCCCCCCCCCCCCCCCCCCCCCC. The summed E-state index contributed by atoms with van der Waals surface area (Å²) in [4.78, 5) is 13.0. The van der Waals surface area contributed by atoms with E-state index in [-0.39, 0.29) is 12.5 Å². The van der Waals surface area contributed by atoms with Crippen molar-refractivity contribution in [1.29, 1.82) is 0 Å². The number of hydrogen-bond donors (Lipinski definition) is 6. The lowest BCUT2D eigenvalue weighted by Crippen LogP contribution is -2.60. The molecule has 0 aromatic rings. The van der Waals surface area contributed by atoms with Gasteiger partial charge >= 0.3 is 0 Å². The van der Waals surface area contributed by atoms with E-state index in [9.17, 15) is 30.3 Å². The van der Waals surface area contributed by atoms with Gasteiger partial charge in [0.15, 0.2) is 6.29 Å². The molecule has 1 amide bonds. The van der Waals surface area contributed by atoms with Crippen LogP contribution in [0.2, 0.25) is 0 Å². The van der Waals surface area contributed by atoms with E-state index >= 15 is 0 Å². The highest BCUT2D eigenvalue weighted by Crippen LogP contribution is 2.23. The minimum absolute atomic E-state index is 0.187. The summed E-state index contributed by atoms with van der Waals surface area (Å²) in [6.45, 7) is 3.78. The lowest BCUT2D eigenvalue weighted by atomic mass is 9.99. The molecule has 0 aromatic carbocycles. The van der Waals surface area contributed by atoms with E-state index in [0.29, 0.717) is 6.42 Å². The predicted octanol–water partition coefficient (Wildman–Crippen LogP) is 12.8. The number of hydrogen-bond acceptors (Lipinski definition) is 8. The first kappa shape index (κ1) is 60.4. The van der Waals surface area contributed by atoms with Crippen LogP contribution >= 0.6 is 0 Å². The molecule has 6 N–H and O–H groups in total. The molecule has 1 heterocycles. The quantitative estimate of drug-likeness (QED) is 0.0261. The summed E-state index contributed by atoms with van der Waals surface area (Å²) in [5, 5.41) is 54.4. The zero-order valence-electron chi connectivity index (χ0n) is 41.5. The van der Waals surface area contributed by atoms with Crippen LogP contribution in [0.5, 0.6) is 0 Å². The van der Waals surface area contributed by atoms with Crippen LogP contribution < -0.4 is 5.32 Å². The number of aliphatic hydroxyl groups is 5. The summed E-state index contributed by atoms with van der Waals surface area (Å²) in [7, 11) is 0. The number of carbonyl (C=O) groups excluding carboxylic acids is 1. The van der Waals surface area contributed by atoms with Crippen molar-refractivity contribution in [3.05, 3.63) is 36.5 Å². The number of amides is 1. The molecule has 9 nitrogen and oxygen atoms in total. The highest BCUT2D eigenvalue weighted by Gasteiger charge is 2.44. The molecule has 7 unspecified atom stereocenters.